The largest absolute Gasteiger partial charge is 0.508 e. The molecule has 0 saturated carbocycles. The molecule has 0 amide bonds. The van der Waals surface area contributed by atoms with Gasteiger partial charge in [0.2, 0.25) is 0 Å². The Morgan fingerprint density at radius 3 is 2.67 bits per heavy atom. The number of phenols is 1. The van der Waals surface area contributed by atoms with Gasteiger partial charge in [-0.15, -0.1) is 0 Å². The van der Waals surface area contributed by atoms with E-state index in [9.17, 15) is 9.90 Å². The van der Waals surface area contributed by atoms with Gasteiger partial charge in [0.15, 0.2) is 11.6 Å². The fourth-order valence-corrected chi connectivity index (χ4v) is 2.69. The lowest BCUT2D eigenvalue weighted by molar-refractivity contribution is 0.104. The maximum Gasteiger partial charge on any atom is 0.185 e. The van der Waals surface area contributed by atoms with Crippen molar-refractivity contribution >= 4 is 11.9 Å². The van der Waals surface area contributed by atoms with Gasteiger partial charge in [0, 0.05) is 23.0 Å². The monoisotopic (exact) mass is 322 g/mol. The van der Waals surface area contributed by atoms with Crippen molar-refractivity contribution in [1.29, 1.82) is 0 Å². The molecule has 3 rings (SSSR count). The first-order valence-electron chi connectivity index (χ1n) is 7.60. The van der Waals surface area contributed by atoms with E-state index in [0.717, 1.165) is 28.5 Å². The zero-order valence-electron chi connectivity index (χ0n) is 13.8. The maximum atomic E-state index is 12.2. The molecule has 24 heavy (non-hydrogen) atoms. The Morgan fingerprint density at radius 1 is 1.21 bits per heavy atom. The van der Waals surface area contributed by atoms with E-state index in [1.165, 1.54) is 18.2 Å². The van der Waals surface area contributed by atoms with Gasteiger partial charge in [-0.25, -0.2) is 0 Å². The van der Waals surface area contributed by atoms with Gasteiger partial charge in [-0.1, -0.05) is 17.3 Å². The van der Waals surface area contributed by atoms with Crippen LogP contribution in [0.5, 0.6) is 5.75 Å². The number of carbonyl (C=O) groups is 1. The van der Waals surface area contributed by atoms with Gasteiger partial charge in [-0.3, -0.25) is 9.36 Å². The number of ketones is 1. The molecule has 0 unspecified atom stereocenters. The van der Waals surface area contributed by atoms with E-state index in [-0.39, 0.29) is 11.5 Å². The fourth-order valence-electron chi connectivity index (χ4n) is 2.69. The quantitative estimate of drug-likeness (QED) is 0.582. The summed E-state index contributed by atoms with van der Waals surface area (Å²) in [6.07, 6.45) is 3.28. The zero-order valence-corrected chi connectivity index (χ0v) is 13.8. The molecule has 5 heteroatoms. The summed E-state index contributed by atoms with van der Waals surface area (Å²) < 4.78 is 7.12. The highest BCUT2D eigenvalue weighted by Crippen LogP contribution is 2.22. The molecule has 1 aromatic carbocycles. The molecule has 0 aliphatic rings. The summed E-state index contributed by atoms with van der Waals surface area (Å²) in [5.74, 6) is 1.39. The summed E-state index contributed by atoms with van der Waals surface area (Å²) in [7, 11) is 0. The van der Waals surface area contributed by atoms with Crippen molar-refractivity contribution in [3.05, 3.63) is 70.7 Å². The van der Waals surface area contributed by atoms with Crippen LogP contribution in [0.15, 0.2) is 47.0 Å². The Hall–Kier alpha value is -3.08. The molecule has 0 aliphatic carbocycles. The number of allylic oxidation sites excluding steroid dienone is 1. The van der Waals surface area contributed by atoms with Gasteiger partial charge < -0.3 is 9.63 Å². The molecule has 2 aromatic heterocycles. The molecular weight excluding hydrogens is 304 g/mol. The average Bonchev–Trinajstić information content (AvgIpc) is 3.08. The number of aryl methyl sites for hydroxylation is 2. The summed E-state index contributed by atoms with van der Waals surface area (Å²) >= 11 is 0. The minimum atomic E-state index is -0.159. The topological polar surface area (TPSA) is 68.3 Å². The fraction of sp³-hybridized carbons (Fsp3) is 0.158. The van der Waals surface area contributed by atoms with Crippen molar-refractivity contribution in [1.82, 2.24) is 9.72 Å². The van der Waals surface area contributed by atoms with Crippen molar-refractivity contribution < 1.29 is 14.4 Å². The number of aromatic nitrogens is 2. The third kappa shape index (κ3) is 3.01. The molecular formula is C19H18N2O3. The van der Waals surface area contributed by atoms with E-state index in [2.05, 4.69) is 5.16 Å². The smallest absolute Gasteiger partial charge is 0.185 e. The van der Waals surface area contributed by atoms with Gasteiger partial charge in [0.05, 0.1) is 0 Å². The van der Waals surface area contributed by atoms with Crippen LogP contribution in [-0.2, 0) is 0 Å². The van der Waals surface area contributed by atoms with Gasteiger partial charge in [-0.2, -0.15) is 0 Å². The molecule has 0 atom stereocenters. The van der Waals surface area contributed by atoms with Crippen LogP contribution in [-0.4, -0.2) is 20.6 Å². The van der Waals surface area contributed by atoms with Crippen molar-refractivity contribution in [2.24, 2.45) is 0 Å². The van der Waals surface area contributed by atoms with E-state index in [1.807, 2.05) is 37.5 Å². The molecule has 0 saturated heterocycles. The van der Waals surface area contributed by atoms with Crippen LogP contribution in [0.2, 0.25) is 0 Å². The summed E-state index contributed by atoms with van der Waals surface area (Å²) in [5, 5.41) is 13.5. The molecule has 0 bridgehead atoms. The second-order valence-corrected chi connectivity index (χ2v) is 5.71. The summed E-state index contributed by atoms with van der Waals surface area (Å²) in [6, 6.07) is 10.2. The molecule has 0 spiro atoms. The molecule has 0 radical (unpaired) electrons. The van der Waals surface area contributed by atoms with Gasteiger partial charge >= 0.3 is 0 Å². The molecule has 5 nitrogen and oxygen atoms in total. The van der Waals surface area contributed by atoms with E-state index in [4.69, 9.17) is 4.52 Å². The average molecular weight is 322 g/mol. The van der Waals surface area contributed by atoms with Crippen LogP contribution in [0.3, 0.4) is 0 Å². The summed E-state index contributed by atoms with van der Waals surface area (Å²) in [5.41, 5.74) is 3.36. The zero-order chi connectivity index (χ0) is 17.3. The number of phenolic OH excluding ortho intramolecular Hbond substituents is 1. The minimum absolute atomic E-state index is 0.0776. The second kappa shape index (κ2) is 6.20. The van der Waals surface area contributed by atoms with Crippen molar-refractivity contribution in [2.75, 3.05) is 0 Å². The van der Waals surface area contributed by atoms with Crippen LogP contribution in [0, 0.1) is 20.8 Å². The minimum Gasteiger partial charge on any atom is -0.508 e. The molecule has 1 N–H and O–H groups in total. The highest BCUT2D eigenvalue weighted by atomic mass is 16.5. The van der Waals surface area contributed by atoms with Crippen LogP contribution in [0.1, 0.15) is 33.1 Å². The first-order chi connectivity index (χ1) is 11.5. The van der Waals surface area contributed by atoms with Crippen molar-refractivity contribution in [3.8, 4) is 11.6 Å². The number of aromatic hydroxyl groups is 1. The lowest BCUT2D eigenvalue weighted by Crippen LogP contribution is -1.99. The predicted octanol–water partition coefficient (Wildman–Crippen LogP) is 3.99. The second-order valence-electron chi connectivity index (χ2n) is 5.71. The number of rotatable bonds is 4. The van der Waals surface area contributed by atoms with Gasteiger partial charge in [0.1, 0.15) is 11.5 Å². The Bertz CT molecular complexity index is 932. The number of carbonyl (C=O) groups excluding carboxylic acids is 1. The number of hydrogen-bond donors (Lipinski definition) is 1. The number of nitrogens with zero attached hydrogens (tertiary/aromatic N) is 2. The van der Waals surface area contributed by atoms with Gasteiger partial charge in [0.25, 0.3) is 0 Å². The highest BCUT2D eigenvalue weighted by molar-refractivity contribution is 6.07. The molecule has 3 aromatic rings. The van der Waals surface area contributed by atoms with Crippen LogP contribution in [0.25, 0.3) is 11.9 Å². The lowest BCUT2D eigenvalue weighted by atomic mass is 10.1. The normalized spacial score (nSPS) is 11.3. The third-order valence-corrected chi connectivity index (χ3v) is 3.86. The Morgan fingerprint density at radius 2 is 2.00 bits per heavy atom. The third-order valence-electron chi connectivity index (χ3n) is 3.86. The van der Waals surface area contributed by atoms with Crippen molar-refractivity contribution in [2.45, 2.75) is 20.8 Å². The predicted molar refractivity (Wildman–Crippen MR) is 91.5 cm³/mol. The number of hydrogen-bond acceptors (Lipinski definition) is 4. The molecule has 0 fully saturated rings. The molecule has 0 aliphatic heterocycles. The van der Waals surface area contributed by atoms with E-state index in [1.54, 1.807) is 18.2 Å². The van der Waals surface area contributed by atoms with Crippen LogP contribution in [0.4, 0.5) is 0 Å². The van der Waals surface area contributed by atoms with Gasteiger partial charge in [-0.05, 0) is 56.7 Å². The summed E-state index contributed by atoms with van der Waals surface area (Å²) in [4.78, 5) is 12.2. The Labute approximate surface area is 139 Å². The highest BCUT2D eigenvalue weighted by Gasteiger charge is 2.12. The summed E-state index contributed by atoms with van der Waals surface area (Å²) in [6.45, 7) is 5.79. The first-order valence-corrected chi connectivity index (χ1v) is 7.60. The first kappa shape index (κ1) is 15.8. The Balaban J connectivity index is 1.90. The SMILES string of the molecule is Cc1cc(-n2c(C)cc(/C=C/C(=O)c3cccc(O)c3)c2C)no1. The van der Waals surface area contributed by atoms with E-state index < -0.39 is 0 Å². The molecule has 2 heterocycles. The molecule has 122 valence electrons. The van der Waals surface area contributed by atoms with Crippen LogP contribution >= 0.6 is 0 Å². The van der Waals surface area contributed by atoms with Crippen LogP contribution < -0.4 is 0 Å². The lowest BCUT2D eigenvalue weighted by Gasteiger charge is -2.03. The Kier molecular flexibility index (Phi) is 4.08. The number of benzene rings is 1. The van der Waals surface area contributed by atoms with E-state index >= 15 is 0 Å². The van der Waals surface area contributed by atoms with Crippen molar-refractivity contribution in [3.63, 3.8) is 0 Å². The maximum absolute atomic E-state index is 12.2. The van der Waals surface area contributed by atoms with E-state index in [0.29, 0.717) is 5.56 Å². The standard InChI is InChI=1S/C19H18N2O3/c1-12-9-15(14(3)21(12)19-10-13(2)24-20-19)7-8-18(23)16-5-4-6-17(22)11-16/h4-11,22H,1-3H3/b8-7+.